The number of aromatic nitrogens is 2. The molecule has 0 amide bonds. The molecule has 1 aliphatic rings. The fourth-order valence-electron chi connectivity index (χ4n) is 2.38. The number of anilines is 1. The zero-order chi connectivity index (χ0) is 14.9. The lowest BCUT2D eigenvalue weighted by atomic mass is 9.97. The highest BCUT2D eigenvalue weighted by atomic mass is 79.9. The summed E-state index contributed by atoms with van der Waals surface area (Å²) in [6, 6.07) is 5.46. The van der Waals surface area contributed by atoms with Crippen molar-refractivity contribution in [3.05, 3.63) is 56.9 Å². The van der Waals surface area contributed by atoms with Gasteiger partial charge >= 0.3 is 5.69 Å². The van der Waals surface area contributed by atoms with Gasteiger partial charge in [-0.15, -0.1) is 0 Å². The van der Waals surface area contributed by atoms with Crippen LogP contribution in [0.1, 0.15) is 18.4 Å². The minimum atomic E-state index is -0.425. The van der Waals surface area contributed by atoms with Crippen LogP contribution in [0.25, 0.3) is 0 Å². The largest absolute Gasteiger partial charge is 0.363 e. The van der Waals surface area contributed by atoms with E-state index in [0.717, 1.165) is 12.8 Å². The Hall–Kier alpha value is -2.02. The molecular formula is C14H13BrN4O2. The van der Waals surface area contributed by atoms with Crippen molar-refractivity contribution in [3.63, 3.8) is 0 Å². The maximum Gasteiger partial charge on any atom is 0.312 e. The molecule has 21 heavy (non-hydrogen) atoms. The number of nitrogens with one attached hydrogen (secondary N) is 1. The first kappa shape index (κ1) is 13.9. The van der Waals surface area contributed by atoms with E-state index in [-0.39, 0.29) is 11.1 Å². The fraction of sp³-hybridized carbons (Fsp3) is 0.286. The summed E-state index contributed by atoms with van der Waals surface area (Å²) in [6.45, 7) is 0.631. The van der Waals surface area contributed by atoms with E-state index in [0.29, 0.717) is 16.8 Å². The van der Waals surface area contributed by atoms with Crippen LogP contribution in [0.3, 0.4) is 0 Å². The summed E-state index contributed by atoms with van der Waals surface area (Å²) >= 11 is 3.20. The molecule has 7 heteroatoms. The maximum atomic E-state index is 11.1. The summed E-state index contributed by atoms with van der Waals surface area (Å²) in [5, 5.41) is 14.2. The van der Waals surface area contributed by atoms with E-state index in [1.807, 2.05) is 12.1 Å². The molecule has 1 saturated carbocycles. The molecule has 0 atom stereocenters. The Morgan fingerprint density at radius 1 is 1.38 bits per heavy atom. The van der Waals surface area contributed by atoms with Crippen LogP contribution in [0.5, 0.6) is 0 Å². The second-order valence-corrected chi connectivity index (χ2v) is 6.06. The number of halogens is 1. The molecule has 0 saturated heterocycles. The molecule has 1 N–H and O–H groups in total. The van der Waals surface area contributed by atoms with E-state index in [1.165, 1.54) is 11.6 Å². The zero-order valence-corrected chi connectivity index (χ0v) is 12.7. The minimum Gasteiger partial charge on any atom is -0.363 e. The highest BCUT2D eigenvalue weighted by Crippen LogP contribution is 2.48. The molecule has 0 bridgehead atoms. The van der Waals surface area contributed by atoms with Gasteiger partial charge in [-0.1, -0.05) is 0 Å². The van der Waals surface area contributed by atoms with Crippen LogP contribution in [0.2, 0.25) is 0 Å². The molecule has 0 radical (unpaired) electrons. The smallest absolute Gasteiger partial charge is 0.312 e. The minimum absolute atomic E-state index is 0.0186. The van der Waals surface area contributed by atoms with Crippen molar-refractivity contribution >= 4 is 27.4 Å². The molecule has 1 aliphatic carbocycles. The van der Waals surface area contributed by atoms with E-state index in [2.05, 4.69) is 31.2 Å². The number of rotatable bonds is 5. The lowest BCUT2D eigenvalue weighted by Crippen LogP contribution is -2.20. The van der Waals surface area contributed by atoms with Crippen molar-refractivity contribution in [2.75, 3.05) is 11.9 Å². The lowest BCUT2D eigenvalue weighted by molar-refractivity contribution is -0.384. The fourth-order valence-corrected chi connectivity index (χ4v) is 2.70. The maximum absolute atomic E-state index is 11.1. The lowest BCUT2D eigenvalue weighted by Gasteiger charge is -2.16. The van der Waals surface area contributed by atoms with Gasteiger partial charge in [0, 0.05) is 41.1 Å². The van der Waals surface area contributed by atoms with E-state index in [9.17, 15) is 10.1 Å². The Morgan fingerprint density at radius 3 is 2.71 bits per heavy atom. The molecule has 2 heterocycles. The normalized spacial score (nSPS) is 15.5. The van der Waals surface area contributed by atoms with Gasteiger partial charge in [-0.05, 0) is 46.5 Å². The summed E-state index contributed by atoms with van der Waals surface area (Å²) in [5.41, 5.74) is 1.24. The monoisotopic (exact) mass is 348 g/mol. The zero-order valence-electron chi connectivity index (χ0n) is 11.1. The summed E-state index contributed by atoms with van der Waals surface area (Å²) in [4.78, 5) is 18.8. The molecule has 0 aliphatic heterocycles. The average Bonchev–Trinajstić information content (AvgIpc) is 3.28. The van der Waals surface area contributed by atoms with Crippen molar-refractivity contribution in [2.45, 2.75) is 18.3 Å². The van der Waals surface area contributed by atoms with E-state index < -0.39 is 4.92 Å². The molecule has 0 aromatic carbocycles. The van der Waals surface area contributed by atoms with Crippen molar-refractivity contribution < 1.29 is 4.92 Å². The summed E-state index contributed by atoms with van der Waals surface area (Å²) in [6.07, 6.45) is 7.23. The summed E-state index contributed by atoms with van der Waals surface area (Å²) in [5.74, 6) is 0.309. The van der Waals surface area contributed by atoms with Gasteiger partial charge in [-0.2, -0.15) is 0 Å². The van der Waals surface area contributed by atoms with Crippen LogP contribution >= 0.6 is 15.9 Å². The number of nitro groups is 1. The van der Waals surface area contributed by atoms with Gasteiger partial charge in [-0.25, -0.2) is 4.98 Å². The molecule has 0 unspecified atom stereocenters. The molecule has 2 aromatic rings. The van der Waals surface area contributed by atoms with Gasteiger partial charge in [0.1, 0.15) is 0 Å². The molecular weight excluding hydrogens is 336 g/mol. The van der Waals surface area contributed by atoms with Gasteiger partial charge in [0.2, 0.25) is 5.82 Å². The van der Waals surface area contributed by atoms with E-state index in [1.54, 1.807) is 18.6 Å². The second kappa shape index (κ2) is 5.40. The first-order chi connectivity index (χ1) is 10.1. The highest BCUT2D eigenvalue weighted by molar-refractivity contribution is 9.10. The number of hydrogen-bond donors (Lipinski definition) is 1. The average molecular weight is 349 g/mol. The van der Waals surface area contributed by atoms with Gasteiger partial charge in [0.25, 0.3) is 0 Å². The van der Waals surface area contributed by atoms with Crippen LogP contribution in [-0.4, -0.2) is 21.4 Å². The van der Waals surface area contributed by atoms with Crippen LogP contribution < -0.4 is 5.32 Å². The first-order valence-electron chi connectivity index (χ1n) is 6.55. The van der Waals surface area contributed by atoms with Crippen molar-refractivity contribution in [2.24, 2.45) is 0 Å². The molecule has 6 nitrogen and oxygen atoms in total. The van der Waals surface area contributed by atoms with Crippen LogP contribution in [0.15, 0.2) is 41.3 Å². The van der Waals surface area contributed by atoms with E-state index >= 15 is 0 Å². The third kappa shape index (κ3) is 2.87. The van der Waals surface area contributed by atoms with E-state index in [4.69, 9.17) is 0 Å². The SMILES string of the molecule is O=[N+]([O-])c1cc(Br)cnc1NCC1(c2ccncc2)CC1. The quantitative estimate of drug-likeness (QED) is 0.662. The molecule has 3 rings (SSSR count). The molecule has 0 spiro atoms. The van der Waals surface area contributed by atoms with Gasteiger partial charge in [0.05, 0.1) is 4.92 Å². The summed E-state index contributed by atoms with van der Waals surface area (Å²) < 4.78 is 0.593. The third-order valence-corrected chi connectivity index (χ3v) is 4.21. The number of pyridine rings is 2. The predicted molar refractivity (Wildman–Crippen MR) is 82.2 cm³/mol. The van der Waals surface area contributed by atoms with Crippen LogP contribution in [-0.2, 0) is 5.41 Å². The number of nitrogens with zero attached hydrogens (tertiary/aromatic N) is 3. The van der Waals surface area contributed by atoms with Crippen LogP contribution in [0.4, 0.5) is 11.5 Å². The Balaban J connectivity index is 1.78. The Kier molecular flexibility index (Phi) is 3.59. The Bertz CT molecular complexity index is 674. The van der Waals surface area contributed by atoms with Crippen molar-refractivity contribution in [3.8, 4) is 0 Å². The number of hydrogen-bond acceptors (Lipinski definition) is 5. The molecule has 2 aromatic heterocycles. The second-order valence-electron chi connectivity index (χ2n) is 5.15. The Morgan fingerprint density at radius 2 is 2.10 bits per heavy atom. The standard InChI is InChI=1S/C14H13BrN4O2/c15-11-7-12(19(20)21)13(17-8-11)18-9-14(3-4-14)10-1-5-16-6-2-10/h1-2,5-8H,3-4,9H2,(H,17,18). The van der Waals surface area contributed by atoms with Crippen molar-refractivity contribution in [1.82, 2.24) is 9.97 Å². The van der Waals surface area contributed by atoms with Gasteiger partial charge in [0.15, 0.2) is 0 Å². The molecule has 1 fully saturated rings. The first-order valence-corrected chi connectivity index (χ1v) is 7.34. The van der Waals surface area contributed by atoms with Gasteiger partial charge in [-0.3, -0.25) is 15.1 Å². The van der Waals surface area contributed by atoms with Crippen molar-refractivity contribution in [1.29, 1.82) is 0 Å². The topological polar surface area (TPSA) is 81.0 Å². The highest BCUT2D eigenvalue weighted by Gasteiger charge is 2.44. The third-order valence-electron chi connectivity index (χ3n) is 3.77. The summed E-state index contributed by atoms with van der Waals surface area (Å²) in [7, 11) is 0. The Labute approximate surface area is 129 Å². The predicted octanol–water partition coefficient (Wildman–Crippen LogP) is 3.29. The van der Waals surface area contributed by atoms with Crippen LogP contribution in [0, 0.1) is 10.1 Å². The van der Waals surface area contributed by atoms with Gasteiger partial charge < -0.3 is 5.32 Å². The molecule has 108 valence electrons.